The number of aromatic nitrogens is 1. The number of halogens is 1. The fraction of sp³-hybridized carbons (Fsp3) is 0.167. The van der Waals surface area contributed by atoms with Gasteiger partial charge in [-0.3, -0.25) is 9.52 Å². The van der Waals surface area contributed by atoms with E-state index in [2.05, 4.69) is 14.4 Å². The maximum atomic E-state index is 12.2. The highest BCUT2D eigenvalue weighted by atomic mass is 35.5. The molecule has 1 aromatic carbocycles. The molecule has 9 heteroatoms. The first kappa shape index (κ1) is 15.7. The molecule has 0 radical (unpaired) electrons. The third-order valence-electron chi connectivity index (χ3n) is 2.45. The van der Waals surface area contributed by atoms with Gasteiger partial charge in [-0.25, -0.2) is 13.4 Å². The molecule has 0 fully saturated rings. The number of hydrogen-bond donors (Lipinski definition) is 1. The molecule has 0 unspecified atom stereocenters. The zero-order chi connectivity index (χ0) is 15.5. The van der Waals surface area contributed by atoms with Gasteiger partial charge in [0, 0.05) is 5.38 Å². The van der Waals surface area contributed by atoms with Crippen LogP contribution in [0.25, 0.3) is 0 Å². The number of nitrogens with zero attached hydrogens (tertiary/aromatic N) is 1. The Labute approximate surface area is 130 Å². The van der Waals surface area contributed by atoms with E-state index in [4.69, 9.17) is 11.6 Å². The van der Waals surface area contributed by atoms with Gasteiger partial charge in [0.1, 0.15) is 4.90 Å². The number of sulfonamides is 1. The second-order valence-electron chi connectivity index (χ2n) is 3.93. The first-order valence-electron chi connectivity index (χ1n) is 5.71. The number of anilines is 1. The van der Waals surface area contributed by atoms with Gasteiger partial charge in [0.05, 0.1) is 24.2 Å². The van der Waals surface area contributed by atoms with Crippen LogP contribution in [0.5, 0.6) is 0 Å². The summed E-state index contributed by atoms with van der Waals surface area (Å²) in [7, 11) is -2.54. The average molecular weight is 347 g/mol. The summed E-state index contributed by atoms with van der Waals surface area (Å²) in [5.41, 5.74) is 0.434. The van der Waals surface area contributed by atoms with Gasteiger partial charge in [0.2, 0.25) is 0 Å². The molecule has 0 aliphatic rings. The molecule has 1 N–H and O–H groups in total. The number of carbonyl (C=O) groups excluding carboxylic acids is 1. The van der Waals surface area contributed by atoms with Crippen LogP contribution in [0.2, 0.25) is 5.02 Å². The van der Waals surface area contributed by atoms with Crippen LogP contribution in [-0.4, -0.2) is 26.5 Å². The Balaban J connectivity index is 2.18. The van der Waals surface area contributed by atoms with Crippen LogP contribution in [0, 0.1) is 0 Å². The molecule has 6 nitrogen and oxygen atoms in total. The van der Waals surface area contributed by atoms with Crippen molar-refractivity contribution < 1.29 is 17.9 Å². The van der Waals surface area contributed by atoms with Gasteiger partial charge >= 0.3 is 5.97 Å². The standard InChI is InChI=1S/C12H11ClN2O4S2/c1-19-11(16)6-8-7-20-12(14-8)15-21(17,18)10-5-3-2-4-9(10)13/h2-5,7H,6H2,1H3,(H,14,15). The molecular weight excluding hydrogens is 336 g/mol. The average Bonchev–Trinajstić information content (AvgIpc) is 2.85. The summed E-state index contributed by atoms with van der Waals surface area (Å²) >= 11 is 6.95. The van der Waals surface area contributed by atoms with Gasteiger partial charge in [-0.1, -0.05) is 23.7 Å². The van der Waals surface area contributed by atoms with Crippen molar-refractivity contribution >= 4 is 44.1 Å². The van der Waals surface area contributed by atoms with E-state index < -0.39 is 16.0 Å². The zero-order valence-electron chi connectivity index (χ0n) is 10.9. The van der Waals surface area contributed by atoms with Crippen molar-refractivity contribution in [1.29, 1.82) is 0 Å². The lowest BCUT2D eigenvalue weighted by Gasteiger charge is -2.06. The van der Waals surface area contributed by atoms with Gasteiger partial charge in [-0.15, -0.1) is 11.3 Å². The third-order valence-corrected chi connectivity index (χ3v) is 5.23. The van der Waals surface area contributed by atoms with Crippen LogP contribution in [-0.2, 0) is 26.0 Å². The van der Waals surface area contributed by atoms with Crippen molar-refractivity contribution in [2.24, 2.45) is 0 Å². The molecule has 0 spiro atoms. The highest BCUT2D eigenvalue weighted by molar-refractivity contribution is 7.93. The van der Waals surface area contributed by atoms with E-state index >= 15 is 0 Å². The molecule has 1 heterocycles. The predicted octanol–water partition coefficient (Wildman–Crippen LogP) is 2.31. The molecule has 21 heavy (non-hydrogen) atoms. The Bertz CT molecular complexity index is 758. The van der Waals surface area contributed by atoms with E-state index in [1.54, 1.807) is 17.5 Å². The number of methoxy groups -OCH3 is 1. The fourth-order valence-corrected chi connectivity index (χ4v) is 3.97. The maximum Gasteiger partial charge on any atom is 0.311 e. The minimum Gasteiger partial charge on any atom is -0.469 e. The van der Waals surface area contributed by atoms with Gasteiger partial charge in [-0.05, 0) is 12.1 Å². The monoisotopic (exact) mass is 346 g/mol. The number of nitrogens with one attached hydrogen (secondary N) is 1. The van der Waals surface area contributed by atoms with E-state index in [1.165, 1.54) is 19.2 Å². The predicted molar refractivity (Wildman–Crippen MR) is 80.1 cm³/mol. The molecule has 0 saturated heterocycles. The van der Waals surface area contributed by atoms with Crippen LogP contribution < -0.4 is 4.72 Å². The number of benzene rings is 1. The molecule has 2 aromatic rings. The molecule has 2 rings (SSSR count). The van der Waals surface area contributed by atoms with E-state index in [0.29, 0.717) is 5.69 Å². The van der Waals surface area contributed by atoms with Crippen LogP contribution in [0.4, 0.5) is 5.13 Å². The molecule has 0 atom stereocenters. The van der Waals surface area contributed by atoms with Crippen molar-refractivity contribution in [3.05, 3.63) is 40.4 Å². The molecule has 1 aromatic heterocycles. The Morgan fingerprint density at radius 3 is 2.81 bits per heavy atom. The summed E-state index contributed by atoms with van der Waals surface area (Å²) in [6, 6.07) is 6.10. The molecule has 112 valence electrons. The second kappa shape index (κ2) is 6.42. The minimum absolute atomic E-state index is 0.0131. The number of carbonyl (C=O) groups is 1. The smallest absolute Gasteiger partial charge is 0.311 e. The zero-order valence-corrected chi connectivity index (χ0v) is 13.3. The largest absolute Gasteiger partial charge is 0.469 e. The SMILES string of the molecule is COC(=O)Cc1csc(NS(=O)(=O)c2ccccc2Cl)n1. The normalized spacial score (nSPS) is 11.1. The van der Waals surface area contributed by atoms with Gasteiger partial charge < -0.3 is 4.74 Å². The summed E-state index contributed by atoms with van der Waals surface area (Å²) < 4.78 is 31.2. The topological polar surface area (TPSA) is 85.4 Å². The summed E-state index contributed by atoms with van der Waals surface area (Å²) in [5.74, 6) is -0.444. The number of rotatable bonds is 5. The molecule has 0 saturated carbocycles. The van der Waals surface area contributed by atoms with Crippen molar-refractivity contribution in [2.45, 2.75) is 11.3 Å². The lowest BCUT2D eigenvalue weighted by molar-refractivity contribution is -0.139. The molecule has 0 aliphatic heterocycles. The second-order valence-corrected chi connectivity index (χ2v) is 6.85. The summed E-state index contributed by atoms with van der Waals surface area (Å²) in [4.78, 5) is 15.1. The quantitative estimate of drug-likeness (QED) is 0.840. The Morgan fingerprint density at radius 1 is 1.43 bits per heavy atom. The number of ether oxygens (including phenoxy) is 1. The van der Waals surface area contributed by atoms with E-state index in [0.717, 1.165) is 11.3 Å². The van der Waals surface area contributed by atoms with Crippen molar-refractivity contribution in [1.82, 2.24) is 4.98 Å². The third kappa shape index (κ3) is 3.93. The fourth-order valence-electron chi connectivity index (χ4n) is 1.49. The Kier molecular flexibility index (Phi) is 4.81. The van der Waals surface area contributed by atoms with Crippen molar-refractivity contribution in [3.63, 3.8) is 0 Å². The van der Waals surface area contributed by atoms with Crippen LogP contribution in [0.1, 0.15) is 5.69 Å². The lowest BCUT2D eigenvalue weighted by atomic mass is 10.3. The number of hydrogen-bond acceptors (Lipinski definition) is 6. The first-order valence-corrected chi connectivity index (χ1v) is 8.45. The molecule has 0 bridgehead atoms. The van der Waals surface area contributed by atoms with E-state index in [-0.39, 0.29) is 21.5 Å². The lowest BCUT2D eigenvalue weighted by Crippen LogP contribution is -2.13. The Hall–Kier alpha value is -1.64. The summed E-state index contributed by atoms with van der Waals surface area (Å²) in [6.45, 7) is 0. The molecule has 0 aliphatic carbocycles. The van der Waals surface area contributed by atoms with Crippen molar-refractivity contribution in [3.8, 4) is 0 Å². The first-order chi connectivity index (χ1) is 9.92. The Morgan fingerprint density at radius 2 is 2.14 bits per heavy atom. The minimum atomic E-state index is -3.81. The summed E-state index contributed by atoms with van der Waals surface area (Å²) in [5, 5.41) is 1.87. The van der Waals surface area contributed by atoms with Crippen LogP contribution in [0.3, 0.4) is 0 Å². The number of thiazole rings is 1. The highest BCUT2D eigenvalue weighted by Gasteiger charge is 2.19. The van der Waals surface area contributed by atoms with Gasteiger partial charge in [-0.2, -0.15) is 0 Å². The van der Waals surface area contributed by atoms with Crippen LogP contribution >= 0.6 is 22.9 Å². The maximum absolute atomic E-state index is 12.2. The van der Waals surface area contributed by atoms with Gasteiger partial charge in [0.25, 0.3) is 10.0 Å². The highest BCUT2D eigenvalue weighted by Crippen LogP contribution is 2.25. The molecule has 0 amide bonds. The number of esters is 1. The van der Waals surface area contributed by atoms with Gasteiger partial charge in [0.15, 0.2) is 5.13 Å². The van der Waals surface area contributed by atoms with E-state index in [9.17, 15) is 13.2 Å². The molecular formula is C12H11ClN2O4S2. The van der Waals surface area contributed by atoms with Crippen molar-refractivity contribution in [2.75, 3.05) is 11.8 Å². The van der Waals surface area contributed by atoms with Crippen LogP contribution in [0.15, 0.2) is 34.5 Å². The van der Waals surface area contributed by atoms with E-state index in [1.807, 2.05) is 0 Å². The summed E-state index contributed by atoms with van der Waals surface area (Å²) in [6.07, 6.45) is -0.0131.